The van der Waals surface area contributed by atoms with Crippen molar-refractivity contribution in [2.45, 2.75) is 6.18 Å². The van der Waals surface area contributed by atoms with Crippen molar-refractivity contribution in [1.82, 2.24) is 19.9 Å². The van der Waals surface area contributed by atoms with Crippen LogP contribution in [-0.4, -0.2) is 19.9 Å². The first kappa shape index (κ1) is 12.7. The van der Waals surface area contributed by atoms with Crippen LogP contribution in [0.1, 0.15) is 5.56 Å². The number of anilines is 1. The molecular weight excluding hydrogens is 291 g/mol. The molecule has 3 heterocycles. The van der Waals surface area contributed by atoms with Crippen LogP contribution in [0.2, 0.25) is 0 Å². The summed E-state index contributed by atoms with van der Waals surface area (Å²) in [5.41, 5.74) is 5.81. The van der Waals surface area contributed by atoms with Gasteiger partial charge >= 0.3 is 6.18 Å². The summed E-state index contributed by atoms with van der Waals surface area (Å²) in [6.45, 7) is 0. The van der Waals surface area contributed by atoms with E-state index in [1.54, 1.807) is 0 Å². The van der Waals surface area contributed by atoms with Crippen LogP contribution in [0.15, 0.2) is 24.5 Å². The van der Waals surface area contributed by atoms with Crippen LogP contribution in [0, 0.1) is 0 Å². The molecule has 0 saturated carbocycles. The topological polar surface area (TPSA) is 77.6 Å². The normalized spacial score (nSPS) is 11.9. The highest BCUT2D eigenvalue weighted by Crippen LogP contribution is 2.29. The summed E-state index contributed by atoms with van der Waals surface area (Å²) >= 11 is 1.15. The van der Waals surface area contributed by atoms with E-state index >= 15 is 0 Å². The van der Waals surface area contributed by atoms with E-state index in [4.69, 9.17) is 5.73 Å². The fourth-order valence-corrected chi connectivity index (χ4v) is 2.24. The largest absolute Gasteiger partial charge is 0.417 e. The van der Waals surface area contributed by atoms with E-state index in [0.717, 1.165) is 23.6 Å². The van der Waals surface area contributed by atoms with Gasteiger partial charge in [0.05, 0.1) is 17.5 Å². The molecule has 0 aliphatic rings. The Hall–Kier alpha value is -2.29. The van der Waals surface area contributed by atoms with Crippen LogP contribution < -0.4 is 5.73 Å². The number of thiazole rings is 1. The summed E-state index contributed by atoms with van der Waals surface area (Å²) in [6, 6.07) is 2.21. The number of halogens is 3. The first-order valence-electron chi connectivity index (χ1n) is 5.36. The Balaban J connectivity index is 2.02. The van der Waals surface area contributed by atoms with E-state index in [1.165, 1.54) is 12.3 Å². The van der Waals surface area contributed by atoms with Crippen LogP contribution in [0.4, 0.5) is 18.3 Å². The molecule has 102 valence electrons. The van der Waals surface area contributed by atoms with Crippen molar-refractivity contribution in [3.63, 3.8) is 0 Å². The van der Waals surface area contributed by atoms with Crippen molar-refractivity contribution in [3.8, 4) is 11.4 Å². The number of alkyl halides is 3. The maximum atomic E-state index is 12.4. The Bertz CT molecular complexity index is 766. The van der Waals surface area contributed by atoms with Gasteiger partial charge in [-0.2, -0.15) is 18.2 Å². The zero-order valence-corrected chi connectivity index (χ0v) is 10.5. The summed E-state index contributed by atoms with van der Waals surface area (Å²) in [7, 11) is 0. The molecule has 2 N–H and O–H groups in total. The SMILES string of the molecule is Nc1nc2ncc(-c3ccc(C(F)(F)F)cn3)nc2s1. The summed E-state index contributed by atoms with van der Waals surface area (Å²) in [4.78, 5) is 16.5. The second-order valence-corrected chi connectivity index (χ2v) is 4.88. The number of pyridine rings is 1. The number of aromatic nitrogens is 4. The van der Waals surface area contributed by atoms with Crippen molar-refractivity contribution in [1.29, 1.82) is 0 Å². The van der Waals surface area contributed by atoms with E-state index in [9.17, 15) is 13.2 Å². The Kier molecular flexibility index (Phi) is 2.78. The average molecular weight is 297 g/mol. The van der Waals surface area contributed by atoms with Crippen LogP contribution in [0.3, 0.4) is 0 Å². The lowest BCUT2D eigenvalue weighted by Gasteiger charge is -2.06. The molecule has 3 rings (SSSR count). The van der Waals surface area contributed by atoms with E-state index in [0.29, 0.717) is 27.0 Å². The highest BCUT2D eigenvalue weighted by molar-refractivity contribution is 7.21. The third kappa shape index (κ3) is 2.27. The third-order valence-corrected chi connectivity index (χ3v) is 3.26. The molecule has 9 heteroatoms. The van der Waals surface area contributed by atoms with Gasteiger partial charge < -0.3 is 5.73 Å². The van der Waals surface area contributed by atoms with E-state index < -0.39 is 11.7 Å². The Morgan fingerprint density at radius 1 is 1.00 bits per heavy atom. The molecule has 0 atom stereocenters. The molecule has 0 unspecified atom stereocenters. The molecule has 0 bridgehead atoms. The van der Waals surface area contributed by atoms with E-state index in [-0.39, 0.29) is 0 Å². The summed E-state index contributed by atoms with van der Waals surface area (Å²) < 4.78 is 37.3. The third-order valence-electron chi connectivity index (χ3n) is 2.49. The minimum Gasteiger partial charge on any atom is -0.375 e. The minimum atomic E-state index is -4.41. The first-order chi connectivity index (χ1) is 9.43. The molecule has 0 radical (unpaired) electrons. The molecule has 0 spiro atoms. The number of hydrogen-bond acceptors (Lipinski definition) is 6. The maximum absolute atomic E-state index is 12.4. The highest BCUT2D eigenvalue weighted by Gasteiger charge is 2.30. The zero-order valence-electron chi connectivity index (χ0n) is 9.72. The lowest BCUT2D eigenvalue weighted by Crippen LogP contribution is -2.05. The predicted octanol–water partition coefficient (Wildman–Crippen LogP) is 2.75. The van der Waals surface area contributed by atoms with Crippen molar-refractivity contribution < 1.29 is 13.2 Å². The van der Waals surface area contributed by atoms with Crippen molar-refractivity contribution in [3.05, 3.63) is 30.1 Å². The van der Waals surface area contributed by atoms with Crippen LogP contribution >= 0.6 is 11.3 Å². The van der Waals surface area contributed by atoms with Crippen LogP contribution in [-0.2, 0) is 6.18 Å². The molecule has 0 aliphatic carbocycles. The minimum absolute atomic E-state index is 0.305. The Morgan fingerprint density at radius 2 is 1.80 bits per heavy atom. The van der Waals surface area contributed by atoms with Gasteiger partial charge in [-0.3, -0.25) is 4.98 Å². The lowest BCUT2D eigenvalue weighted by molar-refractivity contribution is -0.137. The monoisotopic (exact) mass is 297 g/mol. The first-order valence-corrected chi connectivity index (χ1v) is 6.18. The average Bonchev–Trinajstić information content (AvgIpc) is 2.77. The number of nitrogens with zero attached hydrogens (tertiary/aromatic N) is 4. The number of rotatable bonds is 1. The summed E-state index contributed by atoms with van der Waals surface area (Å²) in [5.74, 6) is 0. The molecular formula is C11H6F3N5S. The smallest absolute Gasteiger partial charge is 0.375 e. The van der Waals surface area contributed by atoms with E-state index in [1.807, 2.05) is 0 Å². The molecule has 5 nitrogen and oxygen atoms in total. The van der Waals surface area contributed by atoms with E-state index in [2.05, 4.69) is 19.9 Å². The van der Waals surface area contributed by atoms with Crippen LogP contribution in [0.5, 0.6) is 0 Å². The predicted molar refractivity (Wildman–Crippen MR) is 67.9 cm³/mol. The van der Waals surface area contributed by atoms with Gasteiger partial charge in [0.1, 0.15) is 5.69 Å². The molecule has 3 aromatic heterocycles. The summed E-state index contributed by atoms with van der Waals surface area (Å²) in [5, 5.41) is 0.331. The van der Waals surface area contributed by atoms with Gasteiger partial charge in [-0.15, -0.1) is 0 Å². The van der Waals surface area contributed by atoms with Gasteiger partial charge in [0, 0.05) is 6.20 Å². The fraction of sp³-hybridized carbons (Fsp3) is 0.0909. The Labute approximate surface area is 114 Å². The van der Waals surface area contributed by atoms with Crippen molar-refractivity contribution >= 4 is 26.9 Å². The van der Waals surface area contributed by atoms with Crippen molar-refractivity contribution in [2.24, 2.45) is 0 Å². The van der Waals surface area contributed by atoms with Crippen molar-refractivity contribution in [2.75, 3.05) is 5.73 Å². The second-order valence-electron chi connectivity index (χ2n) is 3.87. The van der Waals surface area contributed by atoms with Gasteiger partial charge in [-0.05, 0) is 12.1 Å². The second kappa shape index (κ2) is 4.37. The highest BCUT2D eigenvalue weighted by atomic mass is 32.1. The fourth-order valence-electron chi connectivity index (χ4n) is 1.57. The maximum Gasteiger partial charge on any atom is 0.417 e. The zero-order chi connectivity index (χ0) is 14.3. The van der Waals surface area contributed by atoms with Crippen LogP contribution in [0.25, 0.3) is 21.9 Å². The Morgan fingerprint density at radius 3 is 2.45 bits per heavy atom. The number of hydrogen-bond donors (Lipinski definition) is 1. The molecule has 0 fully saturated rings. The van der Waals surface area contributed by atoms with Gasteiger partial charge in [-0.25, -0.2) is 9.97 Å². The molecule has 0 aromatic carbocycles. The van der Waals surface area contributed by atoms with Gasteiger partial charge in [0.15, 0.2) is 15.6 Å². The molecule has 0 aliphatic heterocycles. The standard InChI is InChI=1S/C11H6F3N5S/c12-11(13,14)5-1-2-6(16-3-5)7-4-17-8-9(18-7)20-10(15)19-8/h1-4H,(H2,15,17,19). The molecule has 0 amide bonds. The van der Waals surface area contributed by atoms with Gasteiger partial charge in [0.2, 0.25) is 0 Å². The number of fused-ring (bicyclic) bond motifs is 1. The number of nitrogen functional groups attached to an aromatic ring is 1. The summed E-state index contributed by atoms with van der Waals surface area (Å²) in [6.07, 6.45) is -2.24. The van der Waals surface area contributed by atoms with Gasteiger partial charge in [0.25, 0.3) is 0 Å². The quantitative estimate of drug-likeness (QED) is 0.747. The molecule has 0 saturated heterocycles. The molecule has 3 aromatic rings. The van der Waals surface area contributed by atoms with Gasteiger partial charge in [-0.1, -0.05) is 11.3 Å². The molecule has 20 heavy (non-hydrogen) atoms. The lowest BCUT2D eigenvalue weighted by atomic mass is 10.2. The number of nitrogens with two attached hydrogens (primary N) is 1.